The van der Waals surface area contributed by atoms with E-state index in [0.29, 0.717) is 17.0 Å². The fourth-order valence-electron chi connectivity index (χ4n) is 3.41. The van der Waals surface area contributed by atoms with Gasteiger partial charge in [0.15, 0.2) is 5.11 Å². The largest absolute Gasteiger partial charge is 0.478 e. The molecule has 0 bridgehead atoms. The number of hydrogen-bond donors (Lipinski definition) is 2. The summed E-state index contributed by atoms with van der Waals surface area (Å²) in [4.78, 5) is 38.4. The van der Waals surface area contributed by atoms with Crippen molar-refractivity contribution < 1.29 is 23.9 Å². The SMILES string of the molecule is Cc1ccc(C)c(N2C(=O)/C(=C\c3ccc(-c4ccc(Cl)c(C(=O)O)c4)o3)C(=O)NC2=S)c1. The number of hydrogen-bond acceptors (Lipinski definition) is 5. The number of halogens is 1. The number of benzene rings is 2. The van der Waals surface area contributed by atoms with Crippen molar-refractivity contribution in [3.05, 3.63) is 81.6 Å². The van der Waals surface area contributed by atoms with Crippen molar-refractivity contribution in [2.45, 2.75) is 13.8 Å². The van der Waals surface area contributed by atoms with Gasteiger partial charge < -0.3 is 9.52 Å². The van der Waals surface area contributed by atoms with Gasteiger partial charge in [0.2, 0.25) is 0 Å². The highest BCUT2D eigenvalue weighted by atomic mass is 35.5. The number of furan rings is 1. The summed E-state index contributed by atoms with van der Waals surface area (Å²) in [6, 6.07) is 13.3. The van der Waals surface area contributed by atoms with E-state index in [1.165, 1.54) is 23.1 Å². The van der Waals surface area contributed by atoms with E-state index in [1.54, 1.807) is 18.2 Å². The standard InChI is InChI=1S/C24H17ClN2O5S/c1-12-3-4-13(2)19(9-12)27-22(29)17(21(28)26-24(27)33)11-15-6-8-20(32-15)14-5-7-18(25)16(10-14)23(30)31/h3-11H,1-2H3,(H,30,31)(H,26,28,33)/b17-11-. The summed E-state index contributed by atoms with van der Waals surface area (Å²) in [5.41, 5.74) is 2.62. The first-order chi connectivity index (χ1) is 15.7. The van der Waals surface area contributed by atoms with Gasteiger partial charge in [-0.2, -0.15) is 0 Å². The lowest BCUT2D eigenvalue weighted by atomic mass is 10.1. The molecule has 0 unspecified atom stereocenters. The van der Waals surface area contributed by atoms with Crippen molar-refractivity contribution in [2.24, 2.45) is 0 Å². The van der Waals surface area contributed by atoms with E-state index in [9.17, 15) is 19.5 Å². The second-order valence-electron chi connectivity index (χ2n) is 7.45. The Balaban J connectivity index is 1.70. The topological polar surface area (TPSA) is 99.8 Å². The maximum Gasteiger partial charge on any atom is 0.337 e. The van der Waals surface area contributed by atoms with Gasteiger partial charge in [0, 0.05) is 5.56 Å². The minimum absolute atomic E-state index is 0.00153. The summed E-state index contributed by atoms with van der Waals surface area (Å²) in [6.45, 7) is 3.74. The number of carbonyl (C=O) groups is 3. The highest BCUT2D eigenvalue weighted by Crippen LogP contribution is 2.29. The molecular weight excluding hydrogens is 464 g/mol. The molecule has 7 nitrogen and oxygen atoms in total. The normalized spacial score (nSPS) is 15.2. The molecule has 166 valence electrons. The Bertz CT molecular complexity index is 1370. The molecule has 0 radical (unpaired) electrons. The molecule has 0 spiro atoms. The van der Waals surface area contributed by atoms with Gasteiger partial charge in [-0.15, -0.1) is 0 Å². The average molecular weight is 481 g/mol. The van der Waals surface area contributed by atoms with Gasteiger partial charge in [0.25, 0.3) is 11.8 Å². The number of carboxylic acid groups (broad SMARTS) is 1. The second-order valence-corrected chi connectivity index (χ2v) is 8.24. The van der Waals surface area contributed by atoms with Crippen molar-refractivity contribution in [3.8, 4) is 11.3 Å². The Labute approximate surface area is 199 Å². The van der Waals surface area contributed by atoms with Crippen LogP contribution in [-0.4, -0.2) is 28.0 Å². The van der Waals surface area contributed by atoms with Crippen LogP contribution in [0.15, 0.2) is 58.5 Å². The molecule has 2 aromatic carbocycles. The van der Waals surface area contributed by atoms with Gasteiger partial charge in [-0.25, -0.2) is 4.79 Å². The number of amides is 2. The molecule has 2 heterocycles. The van der Waals surface area contributed by atoms with Gasteiger partial charge >= 0.3 is 5.97 Å². The molecule has 0 saturated carbocycles. The average Bonchev–Trinajstić information content (AvgIpc) is 3.22. The van der Waals surface area contributed by atoms with Crippen LogP contribution in [0.25, 0.3) is 17.4 Å². The first-order valence-corrected chi connectivity index (χ1v) is 10.6. The molecule has 1 saturated heterocycles. The van der Waals surface area contributed by atoms with Crippen LogP contribution in [-0.2, 0) is 9.59 Å². The smallest absolute Gasteiger partial charge is 0.337 e. The number of thiocarbonyl (C=S) groups is 1. The third-order valence-corrected chi connectivity index (χ3v) is 5.72. The number of nitrogens with one attached hydrogen (secondary N) is 1. The number of rotatable bonds is 4. The summed E-state index contributed by atoms with van der Waals surface area (Å²) in [6.07, 6.45) is 1.33. The van der Waals surface area contributed by atoms with Crippen LogP contribution in [0.5, 0.6) is 0 Å². The maximum atomic E-state index is 13.2. The van der Waals surface area contributed by atoms with E-state index >= 15 is 0 Å². The molecule has 4 rings (SSSR count). The molecule has 0 atom stereocenters. The third kappa shape index (κ3) is 4.30. The zero-order valence-electron chi connectivity index (χ0n) is 17.5. The second kappa shape index (κ2) is 8.65. The lowest BCUT2D eigenvalue weighted by Gasteiger charge is -2.30. The van der Waals surface area contributed by atoms with Crippen LogP contribution >= 0.6 is 23.8 Å². The minimum atomic E-state index is -1.16. The first-order valence-electron chi connectivity index (χ1n) is 9.77. The lowest BCUT2D eigenvalue weighted by molar-refractivity contribution is -0.122. The number of carbonyl (C=O) groups excluding carboxylic acids is 2. The molecule has 3 aromatic rings. The van der Waals surface area contributed by atoms with E-state index in [4.69, 9.17) is 28.2 Å². The number of aromatic carboxylic acids is 1. The predicted octanol–water partition coefficient (Wildman–Crippen LogP) is 4.75. The Morgan fingerprint density at radius 3 is 2.61 bits per heavy atom. The molecule has 2 amide bonds. The van der Waals surface area contributed by atoms with Crippen molar-refractivity contribution in [1.29, 1.82) is 0 Å². The molecule has 9 heteroatoms. The van der Waals surface area contributed by atoms with Crippen LogP contribution in [0.4, 0.5) is 5.69 Å². The van der Waals surface area contributed by atoms with Crippen molar-refractivity contribution >= 4 is 58.5 Å². The lowest BCUT2D eigenvalue weighted by Crippen LogP contribution is -2.54. The van der Waals surface area contributed by atoms with E-state index in [1.807, 2.05) is 32.0 Å². The number of aryl methyl sites for hydroxylation is 2. The summed E-state index contributed by atoms with van der Waals surface area (Å²) < 4.78 is 5.76. The fraction of sp³-hybridized carbons (Fsp3) is 0.0833. The number of anilines is 1. The Hall–Kier alpha value is -3.75. The maximum absolute atomic E-state index is 13.2. The molecule has 33 heavy (non-hydrogen) atoms. The molecule has 1 aromatic heterocycles. The van der Waals surface area contributed by atoms with E-state index in [2.05, 4.69) is 5.32 Å². The molecule has 2 N–H and O–H groups in total. The quantitative estimate of drug-likeness (QED) is 0.317. The summed E-state index contributed by atoms with van der Waals surface area (Å²) in [7, 11) is 0. The van der Waals surface area contributed by atoms with Crippen molar-refractivity contribution in [2.75, 3.05) is 4.90 Å². The van der Waals surface area contributed by atoms with Gasteiger partial charge in [0.05, 0.1) is 16.3 Å². The van der Waals surface area contributed by atoms with Crippen LogP contribution < -0.4 is 10.2 Å². The summed E-state index contributed by atoms with van der Waals surface area (Å²) in [5.74, 6) is -1.78. The summed E-state index contributed by atoms with van der Waals surface area (Å²) in [5, 5.41) is 11.9. The molecule has 0 aliphatic carbocycles. The van der Waals surface area contributed by atoms with E-state index in [-0.39, 0.29) is 27.0 Å². The van der Waals surface area contributed by atoms with Crippen LogP contribution in [0, 0.1) is 13.8 Å². The zero-order valence-corrected chi connectivity index (χ0v) is 19.1. The first kappa shape index (κ1) is 22.4. The van der Waals surface area contributed by atoms with Gasteiger partial charge in [-0.1, -0.05) is 23.7 Å². The Kier molecular flexibility index (Phi) is 5.88. The van der Waals surface area contributed by atoms with Gasteiger partial charge in [-0.05, 0) is 79.7 Å². The monoisotopic (exact) mass is 480 g/mol. The fourth-order valence-corrected chi connectivity index (χ4v) is 3.88. The molecule has 1 aliphatic rings. The van der Waals surface area contributed by atoms with E-state index in [0.717, 1.165) is 11.1 Å². The van der Waals surface area contributed by atoms with Crippen LogP contribution in [0.2, 0.25) is 5.02 Å². The molecule has 1 fully saturated rings. The zero-order chi connectivity index (χ0) is 23.9. The Morgan fingerprint density at radius 2 is 1.88 bits per heavy atom. The Morgan fingerprint density at radius 1 is 1.12 bits per heavy atom. The number of carboxylic acids is 1. The van der Waals surface area contributed by atoms with Crippen molar-refractivity contribution in [1.82, 2.24) is 5.32 Å². The highest BCUT2D eigenvalue weighted by molar-refractivity contribution is 7.80. The van der Waals surface area contributed by atoms with Crippen molar-refractivity contribution in [3.63, 3.8) is 0 Å². The summed E-state index contributed by atoms with van der Waals surface area (Å²) >= 11 is 11.2. The van der Waals surface area contributed by atoms with Crippen LogP contribution in [0.1, 0.15) is 27.2 Å². The van der Waals surface area contributed by atoms with Gasteiger partial charge in [-0.3, -0.25) is 19.8 Å². The minimum Gasteiger partial charge on any atom is -0.478 e. The number of nitrogens with zero attached hydrogens (tertiary/aromatic N) is 1. The van der Waals surface area contributed by atoms with Gasteiger partial charge in [0.1, 0.15) is 17.1 Å². The third-order valence-electron chi connectivity index (χ3n) is 5.10. The molecule has 1 aliphatic heterocycles. The van der Waals surface area contributed by atoms with E-state index < -0.39 is 17.8 Å². The predicted molar refractivity (Wildman–Crippen MR) is 128 cm³/mol. The highest BCUT2D eigenvalue weighted by Gasteiger charge is 2.35. The van der Waals surface area contributed by atoms with Crippen LogP contribution in [0.3, 0.4) is 0 Å². The molecular formula is C24H17ClN2O5S.